The van der Waals surface area contributed by atoms with Crippen molar-refractivity contribution in [2.24, 2.45) is 29.4 Å². The summed E-state index contributed by atoms with van der Waals surface area (Å²) >= 11 is 0. The zero-order valence-corrected chi connectivity index (χ0v) is 20.6. The van der Waals surface area contributed by atoms with Gasteiger partial charge < -0.3 is 21.3 Å². The Hall–Kier alpha value is -2.91. The molecule has 0 aromatic rings. The van der Waals surface area contributed by atoms with Crippen molar-refractivity contribution in [3.05, 3.63) is 0 Å². The molecule has 3 unspecified atom stereocenters. The minimum atomic E-state index is -5.22. The lowest BCUT2D eigenvalue weighted by Crippen LogP contribution is -2.68. The molecular formula is C23H28F6N4O6. The van der Waals surface area contributed by atoms with E-state index in [2.05, 4.69) is 10.1 Å². The smallest absolute Gasteiger partial charge is 0.368 e. The second-order valence-electron chi connectivity index (χ2n) is 10.7. The number of amides is 4. The Balaban J connectivity index is 1.74. The number of ether oxygens (including phenoxy) is 1. The predicted molar refractivity (Wildman–Crippen MR) is 117 cm³/mol. The zero-order chi connectivity index (χ0) is 29.0. The number of carbonyl (C=O) groups excluding carboxylic acids is 5. The van der Waals surface area contributed by atoms with Gasteiger partial charge in [0.2, 0.25) is 11.8 Å². The van der Waals surface area contributed by atoms with E-state index >= 15 is 0 Å². The van der Waals surface area contributed by atoms with Gasteiger partial charge in [-0.15, -0.1) is 13.2 Å². The van der Waals surface area contributed by atoms with E-state index in [1.165, 1.54) is 0 Å². The summed E-state index contributed by atoms with van der Waals surface area (Å²) < 4.78 is 82.5. The van der Waals surface area contributed by atoms with Crippen LogP contribution < -0.4 is 16.4 Å². The molecule has 0 aromatic carbocycles. The standard InChI is InChI=1S/C23H28F6N4O6/c24-22(25,26)20(5-6-20)32-17(36)18(37)33-9-12-2-1-3-13(12)21(33,19(30)38)14(8-11-4-7-31-16(11)35)15(34)10-39-23(27,28)29/h11-14H,1-10H2,(H2,30,38)(H,31,35)(H,32,36)/t11-,12?,13?,14-,21?/m1/s1. The lowest BCUT2D eigenvalue weighted by molar-refractivity contribution is -0.321. The maximum absolute atomic E-state index is 13.4. The molecule has 16 heteroatoms. The third-order valence-electron chi connectivity index (χ3n) is 8.55. The molecular weight excluding hydrogens is 542 g/mol. The Morgan fingerprint density at radius 3 is 2.28 bits per heavy atom. The number of primary amides is 1. The molecule has 4 N–H and O–H groups in total. The molecule has 2 aliphatic heterocycles. The SMILES string of the molecule is NC(=O)C1([C@H](C[C@H]2CCNC2=O)C(=O)COC(F)(F)F)C2CCCC2CN1C(=O)C(=O)NC1(C(F)(F)F)CC1. The molecule has 0 spiro atoms. The summed E-state index contributed by atoms with van der Waals surface area (Å²) in [5.41, 5.74) is 0.839. The molecule has 0 bridgehead atoms. The number of likely N-dealkylation sites (tertiary alicyclic amines) is 1. The van der Waals surface area contributed by atoms with Crippen LogP contribution in [-0.2, 0) is 28.7 Å². The summed E-state index contributed by atoms with van der Waals surface area (Å²) in [6.45, 7) is -1.68. The summed E-state index contributed by atoms with van der Waals surface area (Å²) in [5, 5.41) is 4.21. The van der Waals surface area contributed by atoms with Gasteiger partial charge in [0, 0.05) is 19.0 Å². The van der Waals surface area contributed by atoms with Gasteiger partial charge >= 0.3 is 24.4 Å². The summed E-state index contributed by atoms with van der Waals surface area (Å²) in [6.07, 6.45) is -10.2. The number of rotatable bonds is 8. The van der Waals surface area contributed by atoms with Crippen LogP contribution in [0.15, 0.2) is 0 Å². The first-order chi connectivity index (χ1) is 18.0. The number of Topliss-reactive ketones (excluding diaryl/α,β-unsaturated/α-hetero) is 1. The first-order valence-electron chi connectivity index (χ1n) is 12.6. The average Bonchev–Trinajstić information content (AvgIpc) is 3.14. The van der Waals surface area contributed by atoms with Gasteiger partial charge in [0.25, 0.3) is 0 Å². The fraction of sp³-hybridized carbons (Fsp3) is 0.783. The molecule has 39 heavy (non-hydrogen) atoms. The van der Waals surface area contributed by atoms with Gasteiger partial charge in [-0.25, -0.2) is 0 Å². The van der Waals surface area contributed by atoms with Gasteiger partial charge in [-0.3, -0.25) is 28.7 Å². The third-order valence-corrected chi connectivity index (χ3v) is 8.55. The lowest BCUT2D eigenvalue weighted by atomic mass is 9.67. The molecule has 218 valence electrons. The third kappa shape index (κ3) is 5.18. The van der Waals surface area contributed by atoms with E-state index < -0.39 is 103 Å². The number of hydrogen-bond donors (Lipinski definition) is 3. The minimum Gasteiger partial charge on any atom is -0.368 e. The summed E-state index contributed by atoms with van der Waals surface area (Å²) in [4.78, 5) is 65.8. The van der Waals surface area contributed by atoms with E-state index in [-0.39, 0.29) is 25.9 Å². The summed E-state index contributed by atoms with van der Waals surface area (Å²) in [5.74, 6) is -10.4. The normalized spacial score (nSPS) is 30.5. The Morgan fingerprint density at radius 2 is 1.77 bits per heavy atom. The Kier molecular flexibility index (Phi) is 7.40. The number of nitrogens with one attached hydrogen (secondary N) is 2. The Labute approximate surface area is 218 Å². The molecule has 4 aliphatic rings. The van der Waals surface area contributed by atoms with Crippen molar-refractivity contribution in [2.45, 2.75) is 68.6 Å². The maximum atomic E-state index is 13.4. The highest BCUT2D eigenvalue weighted by Crippen LogP contribution is 2.54. The van der Waals surface area contributed by atoms with Gasteiger partial charge in [0.1, 0.15) is 17.7 Å². The molecule has 0 radical (unpaired) electrons. The Bertz CT molecular complexity index is 1060. The number of carbonyl (C=O) groups is 5. The highest BCUT2D eigenvalue weighted by Gasteiger charge is 2.68. The summed E-state index contributed by atoms with van der Waals surface area (Å²) in [6, 6.07) is 0. The highest BCUT2D eigenvalue weighted by atomic mass is 19.4. The summed E-state index contributed by atoms with van der Waals surface area (Å²) in [7, 11) is 0. The topological polar surface area (TPSA) is 148 Å². The van der Waals surface area contributed by atoms with Crippen LogP contribution in [0.5, 0.6) is 0 Å². The van der Waals surface area contributed by atoms with Crippen LogP contribution in [0.2, 0.25) is 0 Å². The average molecular weight is 570 g/mol. The van der Waals surface area contributed by atoms with E-state index in [0.717, 1.165) is 0 Å². The first-order valence-corrected chi connectivity index (χ1v) is 12.6. The van der Waals surface area contributed by atoms with Crippen molar-refractivity contribution in [3.63, 3.8) is 0 Å². The molecule has 5 atom stereocenters. The van der Waals surface area contributed by atoms with Crippen LogP contribution in [-0.4, -0.2) is 77.6 Å². The van der Waals surface area contributed by atoms with Crippen molar-refractivity contribution >= 4 is 29.4 Å². The van der Waals surface area contributed by atoms with E-state index in [0.29, 0.717) is 17.7 Å². The quantitative estimate of drug-likeness (QED) is 0.292. The first kappa shape index (κ1) is 29.1. The highest BCUT2D eigenvalue weighted by molar-refractivity contribution is 6.36. The van der Waals surface area contributed by atoms with E-state index in [1.807, 2.05) is 0 Å². The van der Waals surface area contributed by atoms with Gasteiger partial charge in [-0.2, -0.15) is 13.2 Å². The van der Waals surface area contributed by atoms with Crippen LogP contribution >= 0.6 is 0 Å². The lowest BCUT2D eigenvalue weighted by Gasteiger charge is -2.45. The van der Waals surface area contributed by atoms with Crippen molar-refractivity contribution in [1.82, 2.24) is 15.5 Å². The van der Waals surface area contributed by atoms with Crippen molar-refractivity contribution in [2.75, 3.05) is 19.7 Å². The maximum Gasteiger partial charge on any atom is 0.522 e. The van der Waals surface area contributed by atoms with Crippen LogP contribution in [0.4, 0.5) is 26.3 Å². The number of ketones is 1. The Morgan fingerprint density at radius 1 is 1.10 bits per heavy atom. The molecule has 2 aliphatic carbocycles. The minimum absolute atomic E-state index is 0.175. The second kappa shape index (κ2) is 9.93. The molecule has 4 fully saturated rings. The fourth-order valence-corrected chi connectivity index (χ4v) is 6.57. The number of nitrogens with zero attached hydrogens (tertiary/aromatic N) is 1. The molecule has 10 nitrogen and oxygen atoms in total. The number of fused-ring (bicyclic) bond motifs is 1. The largest absolute Gasteiger partial charge is 0.522 e. The van der Waals surface area contributed by atoms with Crippen LogP contribution in [0.1, 0.15) is 44.9 Å². The van der Waals surface area contributed by atoms with Crippen molar-refractivity contribution in [1.29, 1.82) is 0 Å². The van der Waals surface area contributed by atoms with Gasteiger partial charge in [0.05, 0.1) is 5.92 Å². The predicted octanol–water partition coefficient (Wildman–Crippen LogP) is 0.928. The second-order valence-corrected chi connectivity index (χ2v) is 10.7. The molecule has 2 saturated carbocycles. The van der Waals surface area contributed by atoms with Crippen LogP contribution in [0.3, 0.4) is 0 Å². The van der Waals surface area contributed by atoms with Crippen molar-refractivity contribution in [3.8, 4) is 0 Å². The van der Waals surface area contributed by atoms with Gasteiger partial charge in [-0.05, 0) is 50.4 Å². The van der Waals surface area contributed by atoms with Gasteiger partial charge in [0.15, 0.2) is 5.78 Å². The van der Waals surface area contributed by atoms with Gasteiger partial charge in [-0.1, -0.05) is 6.42 Å². The van der Waals surface area contributed by atoms with E-state index in [9.17, 15) is 50.3 Å². The number of alkyl halides is 6. The molecule has 2 saturated heterocycles. The number of halogens is 6. The number of hydrogen-bond acceptors (Lipinski definition) is 6. The molecule has 4 amide bonds. The van der Waals surface area contributed by atoms with Crippen LogP contribution in [0, 0.1) is 23.7 Å². The van der Waals surface area contributed by atoms with Crippen LogP contribution in [0.25, 0.3) is 0 Å². The van der Waals surface area contributed by atoms with E-state index in [1.54, 1.807) is 5.32 Å². The van der Waals surface area contributed by atoms with E-state index in [4.69, 9.17) is 5.73 Å². The molecule has 4 rings (SSSR count). The number of nitrogens with two attached hydrogens (primary N) is 1. The fourth-order valence-electron chi connectivity index (χ4n) is 6.57. The zero-order valence-electron chi connectivity index (χ0n) is 20.6. The van der Waals surface area contributed by atoms with Crippen molar-refractivity contribution < 1.29 is 55.1 Å². The molecule has 2 heterocycles. The monoisotopic (exact) mass is 570 g/mol. The molecule has 0 aromatic heterocycles.